The third-order valence-electron chi connectivity index (χ3n) is 6.73. The summed E-state index contributed by atoms with van der Waals surface area (Å²) < 4.78 is 45.5. The molecule has 0 saturated heterocycles. The Balaban J connectivity index is 2.11. The van der Waals surface area contributed by atoms with Gasteiger partial charge in [-0.1, -0.05) is 36.8 Å². The van der Waals surface area contributed by atoms with Gasteiger partial charge in [0.05, 0.1) is 31.4 Å². The van der Waals surface area contributed by atoms with E-state index in [1.54, 1.807) is 31.2 Å². The number of rotatable bonds is 14. The Morgan fingerprint density at radius 3 is 2.19 bits per heavy atom. The Morgan fingerprint density at radius 1 is 0.929 bits per heavy atom. The van der Waals surface area contributed by atoms with Crippen LogP contribution in [0.4, 0.5) is 5.69 Å². The zero-order chi connectivity index (χ0) is 30.9. The number of hydrogen-bond donors (Lipinski definition) is 1. The molecule has 0 saturated carbocycles. The van der Waals surface area contributed by atoms with E-state index in [-0.39, 0.29) is 28.8 Å². The molecule has 0 aliphatic rings. The standard InChI is InChI=1S/C31H39N3O7S/c1-7-27(31(36)32-4)33(20-23-11-9-10-22(3)18-23)30(35)21-34(24-12-14-25(15-13-24)41-8-2)42(37,38)26-16-17-28(39-5)29(19-26)40-6/h9-19,27H,7-8,20-21H2,1-6H3,(H,32,36)/t27-/m0/s1. The normalized spacial score (nSPS) is 11.8. The molecule has 0 radical (unpaired) electrons. The topological polar surface area (TPSA) is 114 Å². The van der Waals surface area contributed by atoms with Crippen LogP contribution in [0.15, 0.2) is 71.6 Å². The average Bonchev–Trinajstić information content (AvgIpc) is 2.99. The summed E-state index contributed by atoms with van der Waals surface area (Å²) in [7, 11) is 0.0799. The molecule has 0 aromatic heterocycles. The van der Waals surface area contributed by atoms with Gasteiger partial charge < -0.3 is 24.4 Å². The molecular weight excluding hydrogens is 558 g/mol. The first-order valence-corrected chi connectivity index (χ1v) is 15.1. The lowest BCUT2D eigenvalue weighted by molar-refractivity contribution is -0.140. The molecule has 3 aromatic carbocycles. The fraction of sp³-hybridized carbons (Fsp3) is 0.355. The molecule has 1 N–H and O–H groups in total. The van der Waals surface area contributed by atoms with Crippen LogP contribution in [0.25, 0.3) is 0 Å². The van der Waals surface area contributed by atoms with Crippen LogP contribution in [0.2, 0.25) is 0 Å². The van der Waals surface area contributed by atoms with Gasteiger partial charge in [-0.3, -0.25) is 13.9 Å². The van der Waals surface area contributed by atoms with Crippen molar-refractivity contribution in [3.05, 3.63) is 77.9 Å². The molecule has 0 spiro atoms. The number of amides is 2. The molecule has 3 aromatic rings. The Kier molecular flexibility index (Phi) is 11.2. The lowest BCUT2D eigenvalue weighted by Crippen LogP contribution is -2.51. The maximum atomic E-state index is 14.2. The van der Waals surface area contributed by atoms with E-state index < -0.39 is 28.5 Å². The lowest BCUT2D eigenvalue weighted by atomic mass is 10.1. The van der Waals surface area contributed by atoms with Crippen LogP contribution in [0.5, 0.6) is 17.2 Å². The fourth-order valence-electron chi connectivity index (χ4n) is 4.60. The Labute approximate surface area is 248 Å². The first-order valence-electron chi connectivity index (χ1n) is 13.6. The van der Waals surface area contributed by atoms with E-state index in [2.05, 4.69) is 5.32 Å². The minimum atomic E-state index is -4.29. The largest absolute Gasteiger partial charge is 0.494 e. The summed E-state index contributed by atoms with van der Waals surface area (Å²) in [6.07, 6.45) is 0.336. The SMILES string of the molecule is CCOc1ccc(N(CC(=O)N(Cc2cccc(C)c2)[C@@H](CC)C(=O)NC)S(=O)(=O)c2ccc(OC)c(OC)c2)cc1. The van der Waals surface area contributed by atoms with Crippen LogP contribution in [0, 0.1) is 6.92 Å². The van der Waals surface area contributed by atoms with E-state index in [1.165, 1.54) is 44.4 Å². The predicted octanol–water partition coefficient (Wildman–Crippen LogP) is 4.16. The average molecular weight is 598 g/mol. The number of benzene rings is 3. The summed E-state index contributed by atoms with van der Waals surface area (Å²) in [5.74, 6) is 0.269. The maximum Gasteiger partial charge on any atom is 0.264 e. The molecule has 2 amide bonds. The van der Waals surface area contributed by atoms with E-state index in [4.69, 9.17) is 14.2 Å². The van der Waals surface area contributed by atoms with Crippen molar-refractivity contribution in [1.82, 2.24) is 10.2 Å². The number of sulfonamides is 1. The van der Waals surface area contributed by atoms with Gasteiger partial charge in [0.15, 0.2) is 11.5 Å². The molecule has 42 heavy (non-hydrogen) atoms. The second-order valence-corrected chi connectivity index (χ2v) is 11.4. The summed E-state index contributed by atoms with van der Waals surface area (Å²) >= 11 is 0. The first-order chi connectivity index (χ1) is 20.1. The highest BCUT2D eigenvalue weighted by Crippen LogP contribution is 2.33. The van der Waals surface area contributed by atoms with Crippen LogP contribution >= 0.6 is 0 Å². The zero-order valence-electron chi connectivity index (χ0n) is 24.9. The summed E-state index contributed by atoms with van der Waals surface area (Å²) in [5, 5.41) is 2.63. The van der Waals surface area contributed by atoms with Gasteiger partial charge in [-0.25, -0.2) is 8.42 Å². The van der Waals surface area contributed by atoms with Crippen molar-refractivity contribution in [1.29, 1.82) is 0 Å². The Bertz CT molecular complexity index is 1480. The van der Waals surface area contributed by atoms with Crippen molar-refractivity contribution in [2.75, 3.05) is 38.7 Å². The highest BCUT2D eigenvalue weighted by atomic mass is 32.2. The molecule has 0 aliphatic carbocycles. The summed E-state index contributed by atoms with van der Waals surface area (Å²) in [6, 6.07) is 17.5. The third-order valence-corrected chi connectivity index (χ3v) is 8.50. The molecule has 0 bridgehead atoms. The van der Waals surface area contributed by atoms with Crippen molar-refractivity contribution in [2.24, 2.45) is 0 Å². The number of hydrogen-bond acceptors (Lipinski definition) is 7. The zero-order valence-corrected chi connectivity index (χ0v) is 25.7. The summed E-state index contributed by atoms with van der Waals surface area (Å²) in [6.45, 7) is 5.61. The quantitative estimate of drug-likeness (QED) is 0.297. The first kappa shape index (κ1) is 32.3. The van der Waals surface area contributed by atoms with Gasteiger partial charge >= 0.3 is 0 Å². The van der Waals surface area contributed by atoms with E-state index in [1.807, 2.05) is 38.1 Å². The van der Waals surface area contributed by atoms with Gasteiger partial charge in [0.1, 0.15) is 18.3 Å². The monoisotopic (exact) mass is 597 g/mol. The highest BCUT2D eigenvalue weighted by Gasteiger charge is 2.34. The molecule has 11 heteroatoms. The molecule has 3 rings (SSSR count). The molecule has 226 valence electrons. The summed E-state index contributed by atoms with van der Waals surface area (Å²) in [4.78, 5) is 28.3. The van der Waals surface area contributed by atoms with Gasteiger partial charge in [-0.05, 0) is 62.2 Å². The Hall–Kier alpha value is -4.25. The molecule has 0 heterocycles. The lowest BCUT2D eigenvalue weighted by Gasteiger charge is -2.33. The second kappa shape index (κ2) is 14.6. The van der Waals surface area contributed by atoms with Crippen molar-refractivity contribution in [3.63, 3.8) is 0 Å². The van der Waals surface area contributed by atoms with Crippen molar-refractivity contribution in [2.45, 2.75) is 44.7 Å². The van der Waals surface area contributed by atoms with Crippen LogP contribution < -0.4 is 23.8 Å². The minimum absolute atomic E-state index is 0.0922. The second-order valence-electron chi connectivity index (χ2n) is 9.50. The number of aryl methyl sites for hydroxylation is 1. The number of likely N-dealkylation sites (N-methyl/N-ethyl adjacent to an activating group) is 1. The number of nitrogens with one attached hydrogen (secondary N) is 1. The number of methoxy groups -OCH3 is 2. The van der Waals surface area contributed by atoms with Crippen molar-refractivity contribution < 1.29 is 32.2 Å². The van der Waals surface area contributed by atoms with Crippen LogP contribution in [0.3, 0.4) is 0 Å². The molecule has 10 nitrogen and oxygen atoms in total. The van der Waals surface area contributed by atoms with E-state index >= 15 is 0 Å². The Morgan fingerprint density at radius 2 is 1.62 bits per heavy atom. The van der Waals surface area contributed by atoms with E-state index in [0.717, 1.165) is 15.4 Å². The van der Waals surface area contributed by atoms with Crippen LogP contribution in [-0.2, 0) is 26.2 Å². The maximum absolute atomic E-state index is 14.2. The van der Waals surface area contributed by atoms with E-state index in [0.29, 0.717) is 24.5 Å². The molecule has 0 unspecified atom stereocenters. The molecule has 0 fully saturated rings. The predicted molar refractivity (Wildman–Crippen MR) is 162 cm³/mol. The molecule has 1 atom stereocenters. The number of anilines is 1. The number of carbonyl (C=O) groups excluding carboxylic acids is 2. The van der Waals surface area contributed by atoms with Crippen LogP contribution in [-0.4, -0.2) is 65.6 Å². The fourth-order valence-corrected chi connectivity index (χ4v) is 6.03. The van der Waals surface area contributed by atoms with E-state index in [9.17, 15) is 18.0 Å². The van der Waals surface area contributed by atoms with Crippen LogP contribution in [0.1, 0.15) is 31.4 Å². The van der Waals surface area contributed by atoms with Crippen molar-refractivity contribution >= 4 is 27.5 Å². The molecular formula is C31H39N3O7S. The smallest absolute Gasteiger partial charge is 0.264 e. The third kappa shape index (κ3) is 7.52. The summed E-state index contributed by atoms with van der Waals surface area (Å²) in [5.41, 5.74) is 2.08. The number of ether oxygens (including phenoxy) is 3. The van der Waals surface area contributed by atoms with Gasteiger partial charge in [0.25, 0.3) is 10.0 Å². The number of carbonyl (C=O) groups is 2. The minimum Gasteiger partial charge on any atom is -0.494 e. The van der Waals surface area contributed by atoms with Gasteiger partial charge in [0, 0.05) is 19.7 Å². The number of nitrogens with zero attached hydrogens (tertiary/aromatic N) is 2. The van der Waals surface area contributed by atoms with Gasteiger partial charge in [-0.2, -0.15) is 0 Å². The highest BCUT2D eigenvalue weighted by molar-refractivity contribution is 7.92. The van der Waals surface area contributed by atoms with Gasteiger partial charge in [-0.15, -0.1) is 0 Å². The molecule has 0 aliphatic heterocycles. The van der Waals surface area contributed by atoms with Crippen molar-refractivity contribution in [3.8, 4) is 17.2 Å². The van der Waals surface area contributed by atoms with Gasteiger partial charge in [0.2, 0.25) is 11.8 Å².